The molecule has 0 bridgehead atoms. The molecule has 0 atom stereocenters. The molecule has 2 N–H and O–H groups in total. The molecular weight excluding hydrogens is 460 g/mol. The van der Waals surface area contributed by atoms with Crippen LogP contribution < -0.4 is 5.73 Å². The predicted octanol–water partition coefficient (Wildman–Crippen LogP) is 0.466. The lowest BCUT2D eigenvalue weighted by Crippen LogP contribution is -2.51. The number of thioether (sulfide) groups is 1. The lowest BCUT2D eigenvalue weighted by Gasteiger charge is -2.33. The molecule has 174 valence electrons. The van der Waals surface area contributed by atoms with E-state index in [9.17, 15) is 18.0 Å². The van der Waals surface area contributed by atoms with Gasteiger partial charge in [0.05, 0.1) is 12.4 Å². The Kier molecular flexibility index (Phi) is 7.36. The van der Waals surface area contributed by atoms with E-state index in [4.69, 9.17) is 15.0 Å². The zero-order chi connectivity index (χ0) is 23.5. The van der Waals surface area contributed by atoms with Crippen LogP contribution in [0.2, 0.25) is 0 Å². The van der Waals surface area contributed by atoms with Crippen LogP contribution in [0, 0.1) is 13.8 Å². The Morgan fingerprint density at radius 2 is 1.94 bits per heavy atom. The first-order chi connectivity index (χ1) is 15.1. The molecule has 3 rings (SSSR count). The number of nitrogens with two attached hydrogens (primary N) is 1. The minimum Gasteiger partial charge on any atom is -0.462 e. The fourth-order valence-electron chi connectivity index (χ4n) is 3.18. The first kappa shape index (κ1) is 23.9. The highest BCUT2D eigenvalue weighted by atomic mass is 32.2. The summed E-state index contributed by atoms with van der Waals surface area (Å²) in [6.45, 7) is 5.86. The molecular formula is C18H24N6O6S2. The second-order valence-electron chi connectivity index (χ2n) is 6.90. The molecule has 0 aromatic carbocycles. The molecule has 1 amide bonds. The summed E-state index contributed by atoms with van der Waals surface area (Å²) in [6, 6.07) is 0. The molecule has 32 heavy (non-hydrogen) atoms. The van der Waals surface area contributed by atoms with E-state index in [-0.39, 0.29) is 71.6 Å². The van der Waals surface area contributed by atoms with Crippen molar-refractivity contribution >= 4 is 39.5 Å². The maximum Gasteiger partial charge on any atom is 0.343 e. The normalized spacial score (nSPS) is 15.0. The number of anilines is 1. The number of esters is 1. The molecule has 0 spiro atoms. The molecule has 0 saturated carbocycles. The number of hydrogen-bond donors (Lipinski definition) is 1. The largest absolute Gasteiger partial charge is 0.462 e. The van der Waals surface area contributed by atoms with Crippen LogP contribution in [0.15, 0.2) is 20.8 Å². The molecule has 14 heteroatoms. The minimum absolute atomic E-state index is 0.0217. The SMILES string of the molecule is CCOC(=O)c1cnc(SCC(=O)N2CCN(S(=O)(=O)c3c(C)noc3C)CC2)nc1N. The van der Waals surface area contributed by atoms with Crippen molar-refractivity contribution in [1.82, 2.24) is 24.3 Å². The maximum atomic E-state index is 12.9. The van der Waals surface area contributed by atoms with Crippen LogP contribution in [0.1, 0.15) is 28.7 Å². The van der Waals surface area contributed by atoms with Gasteiger partial charge in [-0.25, -0.2) is 23.2 Å². The summed E-state index contributed by atoms with van der Waals surface area (Å²) in [7, 11) is -3.74. The Balaban J connectivity index is 1.55. The molecule has 0 aliphatic carbocycles. The molecule has 1 saturated heterocycles. The van der Waals surface area contributed by atoms with Gasteiger partial charge >= 0.3 is 5.97 Å². The highest BCUT2D eigenvalue weighted by molar-refractivity contribution is 7.99. The lowest BCUT2D eigenvalue weighted by atomic mass is 10.3. The van der Waals surface area contributed by atoms with E-state index in [1.807, 2.05) is 0 Å². The van der Waals surface area contributed by atoms with Gasteiger partial charge in [-0.15, -0.1) is 0 Å². The minimum atomic E-state index is -3.74. The number of hydrogen-bond acceptors (Lipinski definition) is 11. The number of nitrogen functional groups attached to an aromatic ring is 1. The van der Waals surface area contributed by atoms with Crippen LogP contribution in [-0.2, 0) is 19.6 Å². The summed E-state index contributed by atoms with van der Waals surface area (Å²) in [4.78, 5) is 34.1. The van der Waals surface area contributed by atoms with Gasteiger partial charge in [0.2, 0.25) is 15.9 Å². The van der Waals surface area contributed by atoms with E-state index in [0.717, 1.165) is 11.8 Å². The second-order valence-corrected chi connectivity index (χ2v) is 9.72. The third-order valence-corrected chi connectivity index (χ3v) is 7.76. The molecule has 3 heterocycles. The van der Waals surface area contributed by atoms with Crippen molar-refractivity contribution in [3.63, 3.8) is 0 Å². The molecule has 1 aliphatic heterocycles. The monoisotopic (exact) mass is 484 g/mol. The number of carbonyl (C=O) groups is 2. The first-order valence-electron chi connectivity index (χ1n) is 9.78. The van der Waals surface area contributed by atoms with Gasteiger partial charge < -0.3 is 19.9 Å². The van der Waals surface area contributed by atoms with Gasteiger partial charge in [0.25, 0.3) is 0 Å². The van der Waals surface area contributed by atoms with Gasteiger partial charge in [-0.3, -0.25) is 4.79 Å². The van der Waals surface area contributed by atoms with Crippen LogP contribution >= 0.6 is 11.8 Å². The molecule has 1 aliphatic rings. The third-order valence-electron chi connectivity index (χ3n) is 4.77. The number of ether oxygens (including phenoxy) is 1. The Bertz CT molecular complexity index is 1090. The number of sulfonamides is 1. The zero-order valence-electron chi connectivity index (χ0n) is 17.9. The first-order valence-corrected chi connectivity index (χ1v) is 12.2. The highest BCUT2D eigenvalue weighted by Gasteiger charge is 2.34. The van der Waals surface area contributed by atoms with E-state index >= 15 is 0 Å². The Morgan fingerprint density at radius 1 is 1.25 bits per heavy atom. The van der Waals surface area contributed by atoms with Gasteiger partial charge in [0.15, 0.2) is 10.9 Å². The summed E-state index contributed by atoms with van der Waals surface area (Å²) in [5, 5.41) is 3.96. The quantitative estimate of drug-likeness (QED) is 0.330. The van der Waals surface area contributed by atoms with Crippen LogP contribution in [0.5, 0.6) is 0 Å². The van der Waals surface area contributed by atoms with Crippen molar-refractivity contribution in [2.75, 3.05) is 44.3 Å². The van der Waals surface area contributed by atoms with Crippen LogP contribution in [-0.4, -0.2) is 83.2 Å². The third kappa shape index (κ3) is 5.02. The van der Waals surface area contributed by atoms with Crippen molar-refractivity contribution in [2.45, 2.75) is 30.8 Å². The Hall–Kier alpha value is -2.71. The van der Waals surface area contributed by atoms with Gasteiger partial charge in [-0.1, -0.05) is 16.9 Å². The molecule has 0 radical (unpaired) electrons. The number of aromatic nitrogens is 3. The summed E-state index contributed by atoms with van der Waals surface area (Å²) < 4.78 is 36.9. The van der Waals surface area contributed by atoms with Crippen LogP contribution in [0.25, 0.3) is 0 Å². The number of carbonyl (C=O) groups excluding carboxylic acids is 2. The van der Waals surface area contributed by atoms with Crippen molar-refractivity contribution < 1.29 is 27.3 Å². The van der Waals surface area contributed by atoms with Gasteiger partial charge in [0, 0.05) is 32.4 Å². The van der Waals surface area contributed by atoms with Crippen LogP contribution in [0.4, 0.5) is 5.82 Å². The fraction of sp³-hybridized carbons (Fsp3) is 0.500. The lowest BCUT2D eigenvalue weighted by molar-refractivity contribution is -0.129. The standard InChI is InChI=1S/C18H24N6O6S2/c1-4-29-17(26)13-9-20-18(21-16(13)19)31-10-14(25)23-5-7-24(8-6-23)32(27,28)15-11(2)22-30-12(15)3/h9H,4-8,10H2,1-3H3,(H2,19,20,21). The van der Waals surface area contributed by atoms with Gasteiger partial charge in [-0.05, 0) is 20.8 Å². The molecule has 12 nitrogen and oxygen atoms in total. The zero-order valence-corrected chi connectivity index (χ0v) is 19.5. The van der Waals surface area contributed by atoms with Crippen molar-refractivity contribution in [3.05, 3.63) is 23.2 Å². The van der Waals surface area contributed by atoms with Crippen LogP contribution in [0.3, 0.4) is 0 Å². The number of rotatable bonds is 7. The fourth-order valence-corrected chi connectivity index (χ4v) is 5.62. The predicted molar refractivity (Wildman–Crippen MR) is 114 cm³/mol. The van der Waals surface area contributed by atoms with Gasteiger partial charge in [0.1, 0.15) is 22.0 Å². The van der Waals surface area contributed by atoms with E-state index in [1.165, 1.54) is 10.5 Å². The highest BCUT2D eigenvalue weighted by Crippen LogP contribution is 2.24. The van der Waals surface area contributed by atoms with Crippen molar-refractivity contribution in [1.29, 1.82) is 0 Å². The summed E-state index contributed by atoms with van der Waals surface area (Å²) >= 11 is 1.08. The molecule has 2 aromatic rings. The van der Waals surface area contributed by atoms with Crippen molar-refractivity contribution in [2.24, 2.45) is 0 Å². The molecule has 0 unspecified atom stereocenters. The summed E-state index contributed by atoms with van der Waals surface area (Å²) in [5.74, 6) is -0.519. The average molecular weight is 485 g/mol. The van der Waals surface area contributed by atoms with E-state index in [1.54, 1.807) is 25.7 Å². The van der Waals surface area contributed by atoms with E-state index in [2.05, 4.69) is 15.1 Å². The Morgan fingerprint density at radius 3 is 2.50 bits per heavy atom. The average Bonchev–Trinajstić information content (AvgIpc) is 3.11. The van der Waals surface area contributed by atoms with E-state index in [0.29, 0.717) is 5.69 Å². The topological polar surface area (TPSA) is 162 Å². The second kappa shape index (κ2) is 9.83. The van der Waals surface area contributed by atoms with Gasteiger partial charge in [-0.2, -0.15) is 4.31 Å². The number of piperazine rings is 1. The smallest absolute Gasteiger partial charge is 0.343 e. The van der Waals surface area contributed by atoms with E-state index < -0.39 is 16.0 Å². The molecule has 1 fully saturated rings. The summed E-state index contributed by atoms with van der Waals surface area (Å²) in [6.07, 6.45) is 1.27. The molecule has 2 aromatic heterocycles. The number of nitrogens with zero attached hydrogens (tertiary/aromatic N) is 5. The maximum absolute atomic E-state index is 12.9. The van der Waals surface area contributed by atoms with Crippen molar-refractivity contribution in [3.8, 4) is 0 Å². The number of aryl methyl sites for hydroxylation is 2. The summed E-state index contributed by atoms with van der Waals surface area (Å²) in [5.41, 5.74) is 6.16. The number of amides is 1. The Labute approximate surface area is 189 Å².